The van der Waals surface area contributed by atoms with Crippen molar-refractivity contribution in [2.75, 3.05) is 0 Å². The molecule has 1 aromatic rings. The molecule has 0 amide bonds. The number of rotatable bonds is 2. The molecule has 6 nitrogen and oxygen atoms in total. The van der Waals surface area contributed by atoms with Crippen LogP contribution in [0, 0.1) is 15.9 Å². The summed E-state index contributed by atoms with van der Waals surface area (Å²) < 4.78 is 13.0. The monoisotopic (exact) mass is 199 g/mol. The van der Waals surface area contributed by atoms with Crippen LogP contribution >= 0.6 is 0 Å². The highest BCUT2D eigenvalue weighted by Gasteiger charge is 2.14. The van der Waals surface area contributed by atoms with E-state index in [1.807, 2.05) is 0 Å². The summed E-state index contributed by atoms with van der Waals surface area (Å²) in [6, 6.07) is 2.96. The predicted octanol–water partition coefficient (Wildman–Crippen LogP) is 0.828. The van der Waals surface area contributed by atoms with Crippen LogP contribution in [0.4, 0.5) is 10.1 Å². The average molecular weight is 199 g/mol. The number of hydrogen-bond acceptors (Lipinski definition) is 4. The molecule has 0 saturated carbocycles. The van der Waals surface area contributed by atoms with Crippen LogP contribution in [0.1, 0.15) is 5.56 Å². The zero-order chi connectivity index (χ0) is 10.7. The molecule has 0 saturated heterocycles. The largest absolute Gasteiger partial charge is 0.409 e. The van der Waals surface area contributed by atoms with Crippen molar-refractivity contribution in [1.29, 1.82) is 0 Å². The molecule has 0 fully saturated rings. The standard InChI is InChI=1S/C7H6FN3O3/c8-5-3-4(7(9)10-12)1-2-6(5)11(13)14/h1-3,12H,(H2,9,10). The lowest BCUT2D eigenvalue weighted by Crippen LogP contribution is -2.13. The lowest BCUT2D eigenvalue weighted by molar-refractivity contribution is -0.387. The van der Waals surface area contributed by atoms with Gasteiger partial charge in [0.25, 0.3) is 0 Å². The van der Waals surface area contributed by atoms with E-state index >= 15 is 0 Å². The third-order valence-corrected chi connectivity index (χ3v) is 1.55. The summed E-state index contributed by atoms with van der Waals surface area (Å²) in [5.74, 6) is -1.34. The van der Waals surface area contributed by atoms with Gasteiger partial charge in [-0.05, 0) is 12.1 Å². The number of hydrogen-bond donors (Lipinski definition) is 2. The second-order valence-electron chi connectivity index (χ2n) is 2.41. The second-order valence-corrected chi connectivity index (χ2v) is 2.41. The minimum atomic E-state index is -1.03. The molecule has 0 unspecified atom stereocenters. The van der Waals surface area contributed by atoms with E-state index in [9.17, 15) is 14.5 Å². The summed E-state index contributed by atoms with van der Waals surface area (Å²) in [5.41, 5.74) is 4.58. The van der Waals surface area contributed by atoms with E-state index in [0.717, 1.165) is 12.1 Å². The first-order valence-electron chi connectivity index (χ1n) is 3.48. The molecule has 0 heterocycles. The van der Waals surface area contributed by atoms with Gasteiger partial charge in [-0.25, -0.2) is 0 Å². The summed E-state index contributed by atoms with van der Waals surface area (Å²) >= 11 is 0. The summed E-state index contributed by atoms with van der Waals surface area (Å²) in [5, 5.41) is 21.1. The first kappa shape index (κ1) is 9.90. The van der Waals surface area contributed by atoms with Crippen LogP contribution in [0.3, 0.4) is 0 Å². The second kappa shape index (κ2) is 3.69. The summed E-state index contributed by atoms with van der Waals surface area (Å²) in [7, 11) is 0. The fourth-order valence-corrected chi connectivity index (χ4v) is 0.872. The molecule has 1 aromatic carbocycles. The quantitative estimate of drug-likeness (QED) is 0.242. The Morgan fingerprint density at radius 1 is 1.64 bits per heavy atom. The minimum Gasteiger partial charge on any atom is -0.409 e. The number of halogens is 1. The van der Waals surface area contributed by atoms with Gasteiger partial charge in [0, 0.05) is 11.6 Å². The van der Waals surface area contributed by atoms with Crippen LogP contribution in [-0.2, 0) is 0 Å². The van der Waals surface area contributed by atoms with Crippen molar-refractivity contribution in [3.05, 3.63) is 39.7 Å². The van der Waals surface area contributed by atoms with Gasteiger partial charge in [-0.2, -0.15) is 4.39 Å². The first-order valence-corrected chi connectivity index (χ1v) is 3.48. The molecule has 0 radical (unpaired) electrons. The molecule has 0 aliphatic heterocycles. The molecule has 0 aliphatic rings. The number of amidine groups is 1. The first-order chi connectivity index (χ1) is 6.56. The summed E-state index contributed by atoms with van der Waals surface area (Å²) in [6.45, 7) is 0. The Morgan fingerprint density at radius 2 is 2.29 bits per heavy atom. The van der Waals surface area contributed by atoms with Crippen molar-refractivity contribution in [3.8, 4) is 0 Å². The van der Waals surface area contributed by atoms with Crippen molar-refractivity contribution in [2.45, 2.75) is 0 Å². The van der Waals surface area contributed by atoms with Crippen molar-refractivity contribution in [2.24, 2.45) is 10.9 Å². The highest BCUT2D eigenvalue weighted by Crippen LogP contribution is 2.17. The zero-order valence-electron chi connectivity index (χ0n) is 6.85. The van der Waals surface area contributed by atoms with E-state index in [1.54, 1.807) is 0 Å². The molecule has 7 heteroatoms. The van der Waals surface area contributed by atoms with Gasteiger partial charge in [-0.15, -0.1) is 0 Å². The molecule has 0 aliphatic carbocycles. The van der Waals surface area contributed by atoms with Crippen molar-refractivity contribution < 1.29 is 14.5 Å². The van der Waals surface area contributed by atoms with Gasteiger partial charge in [0.1, 0.15) is 0 Å². The van der Waals surface area contributed by atoms with Crippen molar-refractivity contribution >= 4 is 11.5 Å². The molecule has 0 aromatic heterocycles. The van der Waals surface area contributed by atoms with E-state index in [-0.39, 0.29) is 11.4 Å². The molecular weight excluding hydrogens is 193 g/mol. The van der Waals surface area contributed by atoms with Crippen molar-refractivity contribution in [1.82, 2.24) is 0 Å². The van der Waals surface area contributed by atoms with Gasteiger partial charge in [-0.1, -0.05) is 5.16 Å². The highest BCUT2D eigenvalue weighted by molar-refractivity contribution is 5.97. The molecule has 1 rings (SSSR count). The van der Waals surface area contributed by atoms with E-state index < -0.39 is 16.4 Å². The Labute approximate surface area is 77.6 Å². The predicted molar refractivity (Wildman–Crippen MR) is 45.6 cm³/mol. The molecule has 0 spiro atoms. The lowest BCUT2D eigenvalue weighted by atomic mass is 10.2. The lowest BCUT2D eigenvalue weighted by Gasteiger charge is -1.98. The normalized spacial score (nSPS) is 11.4. The maximum atomic E-state index is 13.0. The Hall–Kier alpha value is -2.18. The molecule has 0 bridgehead atoms. The van der Waals surface area contributed by atoms with Crippen LogP contribution in [0.15, 0.2) is 23.4 Å². The number of nitro groups is 1. The number of nitrogens with zero attached hydrogens (tertiary/aromatic N) is 2. The Balaban J connectivity index is 3.19. The summed E-state index contributed by atoms with van der Waals surface area (Å²) in [6.07, 6.45) is 0. The smallest absolute Gasteiger partial charge is 0.304 e. The van der Waals surface area contributed by atoms with E-state index in [1.165, 1.54) is 6.07 Å². The Kier molecular flexibility index (Phi) is 2.61. The van der Waals surface area contributed by atoms with Gasteiger partial charge in [0.2, 0.25) is 5.82 Å². The van der Waals surface area contributed by atoms with Gasteiger partial charge in [-0.3, -0.25) is 10.1 Å². The third kappa shape index (κ3) is 1.76. The number of benzene rings is 1. The topological polar surface area (TPSA) is 102 Å². The van der Waals surface area contributed by atoms with Crippen LogP contribution in [-0.4, -0.2) is 16.0 Å². The molecule has 0 atom stereocenters. The number of nitrogens with two attached hydrogens (primary N) is 1. The molecular formula is C7H6FN3O3. The van der Waals surface area contributed by atoms with E-state index in [4.69, 9.17) is 10.9 Å². The van der Waals surface area contributed by atoms with Gasteiger partial charge in [0.05, 0.1) is 4.92 Å². The van der Waals surface area contributed by atoms with Crippen LogP contribution in [0.25, 0.3) is 0 Å². The fraction of sp³-hybridized carbons (Fsp3) is 0. The minimum absolute atomic E-state index is 0.0793. The van der Waals surface area contributed by atoms with Crippen LogP contribution in [0.5, 0.6) is 0 Å². The maximum absolute atomic E-state index is 13.0. The highest BCUT2D eigenvalue weighted by atomic mass is 19.1. The van der Waals surface area contributed by atoms with E-state index in [0.29, 0.717) is 0 Å². The van der Waals surface area contributed by atoms with Crippen LogP contribution in [0.2, 0.25) is 0 Å². The van der Waals surface area contributed by atoms with E-state index in [2.05, 4.69) is 5.16 Å². The maximum Gasteiger partial charge on any atom is 0.304 e. The molecule has 3 N–H and O–H groups in total. The fourth-order valence-electron chi connectivity index (χ4n) is 0.872. The van der Waals surface area contributed by atoms with Crippen LogP contribution < -0.4 is 5.73 Å². The third-order valence-electron chi connectivity index (χ3n) is 1.55. The Morgan fingerprint density at radius 3 is 2.71 bits per heavy atom. The van der Waals surface area contributed by atoms with Gasteiger partial charge >= 0.3 is 5.69 Å². The number of nitro benzene ring substituents is 1. The Bertz CT molecular complexity index is 405. The molecule has 14 heavy (non-hydrogen) atoms. The summed E-state index contributed by atoms with van der Waals surface area (Å²) in [4.78, 5) is 9.37. The number of oxime groups is 1. The van der Waals surface area contributed by atoms with Crippen molar-refractivity contribution in [3.63, 3.8) is 0 Å². The SMILES string of the molecule is NC(=NO)c1ccc([N+](=O)[O-])c(F)c1. The molecule has 74 valence electrons. The average Bonchev–Trinajstić information content (AvgIpc) is 2.15. The van der Waals surface area contributed by atoms with Gasteiger partial charge < -0.3 is 10.9 Å². The zero-order valence-corrected chi connectivity index (χ0v) is 6.85. The van der Waals surface area contributed by atoms with Gasteiger partial charge in [0.15, 0.2) is 5.84 Å².